The Kier molecular flexibility index (Phi) is 6.29. The lowest BCUT2D eigenvalue weighted by Crippen LogP contribution is -2.43. The Hall–Kier alpha value is -1.89. The predicted molar refractivity (Wildman–Crippen MR) is 97.4 cm³/mol. The van der Waals surface area contributed by atoms with Crippen LogP contribution >= 0.6 is 0 Å². The zero-order valence-corrected chi connectivity index (χ0v) is 14.9. The zero-order chi connectivity index (χ0) is 18.5. The van der Waals surface area contributed by atoms with Crippen LogP contribution in [0.1, 0.15) is 44.9 Å². The molecule has 1 aromatic rings. The van der Waals surface area contributed by atoms with E-state index in [0.717, 1.165) is 57.1 Å². The molecule has 1 saturated carbocycles. The van der Waals surface area contributed by atoms with Crippen LogP contribution < -0.4 is 15.5 Å². The van der Waals surface area contributed by atoms with Crippen molar-refractivity contribution in [1.29, 1.82) is 0 Å². The molecule has 3 rings (SSSR count). The van der Waals surface area contributed by atoms with Crippen LogP contribution in [0.2, 0.25) is 0 Å². The van der Waals surface area contributed by atoms with E-state index in [2.05, 4.69) is 10.6 Å². The number of aliphatic hydroxyl groups excluding tert-OH is 1. The molecule has 7 heteroatoms. The number of nitrogens with zero attached hydrogens (tertiary/aromatic N) is 1. The number of carbonyl (C=O) groups is 1. The molecule has 0 radical (unpaired) electrons. The summed E-state index contributed by atoms with van der Waals surface area (Å²) in [6.45, 7) is 1.31. The average molecular weight is 367 g/mol. The number of anilines is 2. The Morgan fingerprint density at radius 2 is 1.73 bits per heavy atom. The minimum Gasteiger partial charge on any atom is -0.396 e. The monoisotopic (exact) mass is 367 g/mol. The Bertz CT molecular complexity index is 612. The number of benzene rings is 1. The van der Waals surface area contributed by atoms with Crippen molar-refractivity contribution in [1.82, 2.24) is 5.32 Å². The van der Waals surface area contributed by atoms with E-state index in [1.807, 2.05) is 0 Å². The van der Waals surface area contributed by atoms with Gasteiger partial charge in [0.25, 0.3) is 0 Å². The lowest BCUT2D eigenvalue weighted by molar-refractivity contribution is 0.182. The first-order valence-corrected chi connectivity index (χ1v) is 9.51. The quantitative estimate of drug-likeness (QED) is 0.712. The number of hydrogen-bond acceptors (Lipinski definition) is 3. The van der Waals surface area contributed by atoms with E-state index in [1.54, 1.807) is 4.90 Å². The van der Waals surface area contributed by atoms with E-state index in [1.165, 1.54) is 0 Å². The van der Waals surface area contributed by atoms with Gasteiger partial charge in [0, 0.05) is 37.3 Å². The number of urea groups is 1. The van der Waals surface area contributed by atoms with Crippen LogP contribution in [0.5, 0.6) is 0 Å². The van der Waals surface area contributed by atoms with Crippen LogP contribution in [0.3, 0.4) is 0 Å². The molecule has 0 aromatic heterocycles. The minimum atomic E-state index is -0.662. The van der Waals surface area contributed by atoms with Crippen LogP contribution in [-0.4, -0.2) is 36.9 Å². The van der Waals surface area contributed by atoms with Crippen LogP contribution in [-0.2, 0) is 0 Å². The number of hydrogen-bond donors (Lipinski definition) is 3. The van der Waals surface area contributed by atoms with Gasteiger partial charge in [-0.2, -0.15) is 0 Å². The molecule has 5 nitrogen and oxygen atoms in total. The maximum atomic E-state index is 14.4. The molecular weight excluding hydrogens is 340 g/mol. The molecular formula is C19H27F2N3O2. The van der Waals surface area contributed by atoms with Gasteiger partial charge in [0.15, 0.2) is 11.6 Å². The van der Waals surface area contributed by atoms with Crippen molar-refractivity contribution in [3.05, 3.63) is 23.8 Å². The van der Waals surface area contributed by atoms with E-state index < -0.39 is 17.7 Å². The number of aliphatic hydroxyl groups is 1. The van der Waals surface area contributed by atoms with Crippen molar-refractivity contribution < 1.29 is 18.7 Å². The summed E-state index contributed by atoms with van der Waals surface area (Å²) in [6.07, 6.45) is 6.65. The summed E-state index contributed by atoms with van der Waals surface area (Å²) in [5.41, 5.74) is 0.0761. The highest BCUT2D eigenvalue weighted by Gasteiger charge is 2.25. The van der Waals surface area contributed by atoms with Gasteiger partial charge < -0.3 is 20.6 Å². The summed E-state index contributed by atoms with van der Waals surface area (Å²) < 4.78 is 28.7. The number of nitrogens with one attached hydrogen (secondary N) is 2. The predicted octanol–water partition coefficient (Wildman–Crippen LogP) is 3.63. The maximum absolute atomic E-state index is 14.4. The molecule has 2 fully saturated rings. The molecule has 26 heavy (non-hydrogen) atoms. The topological polar surface area (TPSA) is 64.6 Å². The Morgan fingerprint density at radius 1 is 1.08 bits per heavy atom. The van der Waals surface area contributed by atoms with E-state index in [-0.39, 0.29) is 29.9 Å². The van der Waals surface area contributed by atoms with Crippen molar-refractivity contribution in [2.24, 2.45) is 5.92 Å². The third-order valence-corrected chi connectivity index (χ3v) is 5.41. The summed E-state index contributed by atoms with van der Waals surface area (Å²) in [5.74, 6) is -1.30. The summed E-state index contributed by atoms with van der Waals surface area (Å²) in [6, 6.07) is 1.70. The standard InChI is InChI=1S/C19H27F2N3O2/c20-15-10-14(11-16(21)18(15)24-8-4-5-9-24)22-19(26)23-17-7-3-1-2-6-13(17)12-25/h10-11,13,17,25H,1-9,12H2,(H2,22,23,26)/t13-,17-/m0/s1. The zero-order valence-electron chi connectivity index (χ0n) is 14.9. The van der Waals surface area contributed by atoms with E-state index >= 15 is 0 Å². The van der Waals surface area contributed by atoms with Crippen molar-refractivity contribution in [2.45, 2.75) is 51.0 Å². The molecule has 0 unspecified atom stereocenters. The van der Waals surface area contributed by atoms with Gasteiger partial charge in [0.2, 0.25) is 0 Å². The molecule has 1 heterocycles. The molecule has 0 bridgehead atoms. The minimum absolute atomic E-state index is 0.0161. The third-order valence-electron chi connectivity index (χ3n) is 5.41. The number of amides is 2. The third kappa shape index (κ3) is 4.44. The van der Waals surface area contributed by atoms with E-state index in [9.17, 15) is 18.7 Å². The number of halogens is 2. The SMILES string of the molecule is O=C(Nc1cc(F)c(N2CCCC2)c(F)c1)N[C@H]1CCCCC[C@H]1CO. The Labute approximate surface area is 152 Å². The molecule has 3 N–H and O–H groups in total. The second-order valence-electron chi connectivity index (χ2n) is 7.27. The number of rotatable bonds is 4. The summed E-state index contributed by atoms with van der Waals surface area (Å²) in [5, 5.41) is 14.9. The van der Waals surface area contributed by atoms with Gasteiger partial charge in [-0.25, -0.2) is 13.6 Å². The Morgan fingerprint density at radius 3 is 2.38 bits per heavy atom. The highest BCUT2D eigenvalue weighted by atomic mass is 19.1. The van der Waals surface area contributed by atoms with Crippen molar-refractivity contribution >= 4 is 17.4 Å². The lowest BCUT2D eigenvalue weighted by atomic mass is 9.96. The first-order chi connectivity index (χ1) is 12.6. The molecule has 0 spiro atoms. The molecule has 1 aliphatic carbocycles. The smallest absolute Gasteiger partial charge is 0.319 e. The van der Waals surface area contributed by atoms with Gasteiger partial charge in [0.05, 0.1) is 0 Å². The first-order valence-electron chi connectivity index (χ1n) is 9.51. The van der Waals surface area contributed by atoms with Crippen molar-refractivity contribution in [3.8, 4) is 0 Å². The van der Waals surface area contributed by atoms with E-state index in [4.69, 9.17) is 0 Å². The highest BCUT2D eigenvalue weighted by Crippen LogP contribution is 2.30. The summed E-state index contributed by atoms with van der Waals surface area (Å²) in [4.78, 5) is 14.0. The van der Waals surface area contributed by atoms with Crippen LogP contribution in [0, 0.1) is 17.6 Å². The van der Waals surface area contributed by atoms with Gasteiger partial charge in [-0.05, 0) is 37.8 Å². The van der Waals surface area contributed by atoms with E-state index in [0.29, 0.717) is 13.1 Å². The number of carbonyl (C=O) groups excluding carboxylic acids is 1. The Balaban J connectivity index is 1.65. The summed E-state index contributed by atoms with van der Waals surface area (Å²) in [7, 11) is 0. The van der Waals surface area contributed by atoms with Gasteiger partial charge >= 0.3 is 6.03 Å². The molecule has 2 amide bonds. The molecule has 1 saturated heterocycles. The second kappa shape index (κ2) is 8.66. The fourth-order valence-corrected chi connectivity index (χ4v) is 4.01. The van der Waals surface area contributed by atoms with Crippen molar-refractivity contribution in [3.63, 3.8) is 0 Å². The fourth-order valence-electron chi connectivity index (χ4n) is 4.01. The molecule has 2 atom stereocenters. The second-order valence-corrected chi connectivity index (χ2v) is 7.27. The highest BCUT2D eigenvalue weighted by molar-refractivity contribution is 5.89. The van der Waals surface area contributed by atoms with Crippen LogP contribution in [0.25, 0.3) is 0 Å². The maximum Gasteiger partial charge on any atom is 0.319 e. The van der Waals surface area contributed by atoms with Crippen LogP contribution in [0.15, 0.2) is 12.1 Å². The van der Waals surface area contributed by atoms with Crippen molar-refractivity contribution in [2.75, 3.05) is 29.9 Å². The molecule has 2 aliphatic rings. The normalized spacial score (nSPS) is 23.6. The average Bonchev–Trinajstić information content (AvgIpc) is 3.01. The molecule has 144 valence electrons. The van der Waals surface area contributed by atoms with Gasteiger partial charge in [0.1, 0.15) is 5.69 Å². The van der Waals surface area contributed by atoms with Gasteiger partial charge in [-0.1, -0.05) is 19.3 Å². The summed E-state index contributed by atoms with van der Waals surface area (Å²) >= 11 is 0. The molecule has 1 aromatic carbocycles. The lowest BCUT2D eigenvalue weighted by Gasteiger charge is -2.25. The van der Waals surface area contributed by atoms with Crippen LogP contribution in [0.4, 0.5) is 25.0 Å². The van der Waals surface area contributed by atoms with Gasteiger partial charge in [-0.3, -0.25) is 0 Å². The van der Waals surface area contributed by atoms with Gasteiger partial charge in [-0.15, -0.1) is 0 Å². The first kappa shape index (κ1) is 18.9. The fraction of sp³-hybridized carbons (Fsp3) is 0.632. The largest absolute Gasteiger partial charge is 0.396 e. The molecule has 1 aliphatic heterocycles.